The summed E-state index contributed by atoms with van der Waals surface area (Å²) < 4.78 is 0. The Labute approximate surface area is 224 Å². The molecule has 37 heavy (non-hydrogen) atoms. The van der Waals surface area contributed by atoms with Crippen LogP contribution in [0.5, 0.6) is 0 Å². The topological polar surface area (TPSA) is 0 Å². The summed E-state index contributed by atoms with van der Waals surface area (Å²) in [6.07, 6.45) is 7.51. The molecular formula is C36H37B. The first-order valence-electron chi connectivity index (χ1n) is 13.3. The summed E-state index contributed by atoms with van der Waals surface area (Å²) in [7, 11) is 0. The van der Waals surface area contributed by atoms with Gasteiger partial charge in [-0.1, -0.05) is 161 Å². The van der Waals surface area contributed by atoms with Gasteiger partial charge in [-0.25, -0.2) is 0 Å². The maximum Gasteiger partial charge on any atom is 0.242 e. The Bertz CT molecular complexity index is 1340. The molecule has 1 heteroatoms. The van der Waals surface area contributed by atoms with Crippen molar-refractivity contribution in [2.75, 3.05) is 0 Å². The van der Waals surface area contributed by atoms with Crippen molar-refractivity contribution in [1.82, 2.24) is 0 Å². The first-order chi connectivity index (χ1) is 18.0. The van der Waals surface area contributed by atoms with Crippen LogP contribution in [0.15, 0.2) is 127 Å². The lowest BCUT2D eigenvalue weighted by Crippen LogP contribution is -2.44. The highest BCUT2D eigenvalue weighted by Gasteiger charge is 2.29. The smallest absolute Gasteiger partial charge is 0.0877 e. The third kappa shape index (κ3) is 6.30. The van der Waals surface area contributed by atoms with Crippen LogP contribution in [0.25, 0.3) is 11.0 Å². The highest BCUT2D eigenvalue weighted by atomic mass is 14.2. The number of rotatable bonds is 8. The van der Waals surface area contributed by atoms with Gasteiger partial charge in [0.15, 0.2) is 0 Å². The fourth-order valence-corrected chi connectivity index (χ4v) is 4.94. The summed E-state index contributed by atoms with van der Waals surface area (Å²) in [5, 5.41) is 0. The molecule has 0 aliphatic rings. The van der Waals surface area contributed by atoms with Crippen LogP contribution in [0.3, 0.4) is 0 Å². The second-order valence-electron chi connectivity index (χ2n) is 9.85. The molecule has 4 rings (SSSR count). The van der Waals surface area contributed by atoms with Crippen LogP contribution in [0.4, 0.5) is 0 Å². The summed E-state index contributed by atoms with van der Waals surface area (Å²) in [6.45, 7) is 10.9. The summed E-state index contributed by atoms with van der Waals surface area (Å²) in [4.78, 5) is 0. The molecule has 4 aromatic carbocycles. The normalized spacial score (nSPS) is 12.5. The molecule has 0 aliphatic carbocycles. The van der Waals surface area contributed by atoms with Gasteiger partial charge in [-0.3, -0.25) is 0 Å². The Morgan fingerprint density at radius 2 is 1.11 bits per heavy atom. The predicted octanol–water partition coefficient (Wildman–Crippen LogP) is 8.28. The Morgan fingerprint density at radius 1 is 0.622 bits per heavy atom. The minimum absolute atomic E-state index is 0.0830. The zero-order valence-corrected chi connectivity index (χ0v) is 22.8. The van der Waals surface area contributed by atoms with Gasteiger partial charge in [0.2, 0.25) is 6.71 Å². The summed E-state index contributed by atoms with van der Waals surface area (Å²) in [5.74, 6) is 0. The highest BCUT2D eigenvalue weighted by Crippen LogP contribution is 2.36. The van der Waals surface area contributed by atoms with Crippen LogP contribution >= 0.6 is 0 Å². The molecule has 0 saturated heterocycles. The fourth-order valence-electron chi connectivity index (χ4n) is 4.94. The van der Waals surface area contributed by atoms with Crippen LogP contribution in [0.1, 0.15) is 48.1 Å². The molecular weight excluding hydrogens is 443 g/mol. The second kappa shape index (κ2) is 12.4. The van der Waals surface area contributed by atoms with Crippen molar-refractivity contribution in [3.63, 3.8) is 0 Å². The van der Waals surface area contributed by atoms with E-state index in [2.05, 4.69) is 156 Å². The molecule has 0 aromatic heterocycles. The Kier molecular flexibility index (Phi) is 8.80. The van der Waals surface area contributed by atoms with Gasteiger partial charge in [0.05, 0.1) is 0 Å². The van der Waals surface area contributed by atoms with E-state index < -0.39 is 0 Å². The average Bonchev–Trinajstić information content (AvgIpc) is 2.93. The summed E-state index contributed by atoms with van der Waals surface area (Å²) >= 11 is 0. The van der Waals surface area contributed by atoms with Crippen molar-refractivity contribution in [2.45, 2.75) is 41.0 Å². The van der Waals surface area contributed by atoms with Crippen LogP contribution < -0.4 is 10.9 Å². The Morgan fingerprint density at radius 3 is 1.57 bits per heavy atom. The minimum Gasteiger partial charge on any atom is -0.0877 e. The molecule has 0 unspecified atom stereocenters. The van der Waals surface area contributed by atoms with Crippen LogP contribution in [0.2, 0.25) is 0 Å². The van der Waals surface area contributed by atoms with Crippen LogP contribution in [-0.4, -0.2) is 6.71 Å². The largest absolute Gasteiger partial charge is 0.242 e. The molecule has 0 amide bonds. The lowest BCUT2D eigenvalue weighted by atomic mass is 9.34. The fraction of sp³-hybridized carbons (Fsp3) is 0.167. The van der Waals surface area contributed by atoms with E-state index in [9.17, 15) is 0 Å². The first kappa shape index (κ1) is 26.2. The molecule has 0 bridgehead atoms. The Balaban J connectivity index is 2.16. The van der Waals surface area contributed by atoms with E-state index >= 15 is 0 Å². The zero-order valence-electron chi connectivity index (χ0n) is 22.8. The number of hydrogen-bond acceptors (Lipinski definition) is 0. The standard InChI is InChI=1S/C36H37B/c1-6-8-12-30(7-2)35(31-13-10-9-11-14-31)36(32-21-15-27(3)16-22-32)37(33-23-17-28(4)18-24-33)34-25-19-29(5)20-26-34/h6,8-26H,7H2,1-5H3/b8-6-,30-12+,36-35+. The molecule has 0 atom stereocenters. The van der Waals surface area contributed by atoms with E-state index in [1.807, 2.05) is 0 Å². The summed E-state index contributed by atoms with van der Waals surface area (Å²) in [5.41, 5.74) is 12.9. The van der Waals surface area contributed by atoms with Crippen molar-refractivity contribution in [1.29, 1.82) is 0 Å². The molecule has 0 radical (unpaired) electrons. The van der Waals surface area contributed by atoms with Crippen molar-refractivity contribution >= 4 is 28.7 Å². The van der Waals surface area contributed by atoms with Crippen LogP contribution in [0, 0.1) is 20.8 Å². The predicted molar refractivity (Wildman–Crippen MR) is 165 cm³/mol. The number of aryl methyl sites for hydroxylation is 3. The number of hydrogen-bond donors (Lipinski definition) is 0. The minimum atomic E-state index is 0.0830. The van der Waals surface area contributed by atoms with Gasteiger partial charge in [-0.2, -0.15) is 0 Å². The molecule has 0 nitrogen and oxygen atoms in total. The molecule has 0 fully saturated rings. The first-order valence-corrected chi connectivity index (χ1v) is 13.3. The SMILES string of the molecule is C\C=C/C=C(CC)/C(=C(\B(c1ccc(C)cc1)c1ccc(C)cc1)c1ccc(C)cc1)c1ccccc1. The van der Waals surface area contributed by atoms with E-state index in [1.54, 1.807) is 0 Å². The van der Waals surface area contributed by atoms with Gasteiger partial charge in [-0.05, 0) is 56.4 Å². The van der Waals surface area contributed by atoms with Gasteiger partial charge in [0.1, 0.15) is 0 Å². The molecule has 0 aliphatic heterocycles. The second-order valence-corrected chi connectivity index (χ2v) is 9.85. The Hall–Kier alpha value is -3.84. The number of benzene rings is 4. The van der Waals surface area contributed by atoms with Gasteiger partial charge >= 0.3 is 0 Å². The monoisotopic (exact) mass is 480 g/mol. The van der Waals surface area contributed by atoms with E-state index in [0.717, 1.165) is 6.42 Å². The highest BCUT2D eigenvalue weighted by molar-refractivity contribution is 7.00. The van der Waals surface area contributed by atoms with Crippen LogP contribution in [-0.2, 0) is 0 Å². The lowest BCUT2D eigenvalue weighted by Gasteiger charge is -2.26. The van der Waals surface area contributed by atoms with Crippen molar-refractivity contribution in [2.24, 2.45) is 0 Å². The lowest BCUT2D eigenvalue weighted by molar-refractivity contribution is 1.16. The molecule has 184 valence electrons. The molecule has 0 N–H and O–H groups in total. The zero-order chi connectivity index (χ0) is 26.2. The number of allylic oxidation sites excluding steroid dienone is 5. The quantitative estimate of drug-likeness (QED) is 0.135. The van der Waals surface area contributed by atoms with Crippen molar-refractivity contribution in [3.8, 4) is 0 Å². The van der Waals surface area contributed by atoms with E-state index in [-0.39, 0.29) is 6.71 Å². The molecule has 0 heterocycles. The van der Waals surface area contributed by atoms with E-state index in [0.29, 0.717) is 0 Å². The van der Waals surface area contributed by atoms with Gasteiger partial charge in [0.25, 0.3) is 0 Å². The van der Waals surface area contributed by atoms with Gasteiger partial charge in [0, 0.05) is 0 Å². The average molecular weight is 481 g/mol. The van der Waals surface area contributed by atoms with E-state index in [4.69, 9.17) is 0 Å². The third-order valence-corrected chi connectivity index (χ3v) is 7.00. The maximum absolute atomic E-state index is 2.30. The maximum atomic E-state index is 2.30. The molecule has 4 aromatic rings. The van der Waals surface area contributed by atoms with Crippen molar-refractivity contribution in [3.05, 3.63) is 155 Å². The van der Waals surface area contributed by atoms with Crippen molar-refractivity contribution < 1.29 is 0 Å². The van der Waals surface area contributed by atoms with E-state index in [1.165, 1.54) is 55.4 Å². The molecule has 0 saturated carbocycles. The third-order valence-electron chi connectivity index (χ3n) is 7.00. The molecule has 0 spiro atoms. The van der Waals surface area contributed by atoms with Gasteiger partial charge < -0.3 is 0 Å². The van der Waals surface area contributed by atoms with Gasteiger partial charge in [-0.15, -0.1) is 0 Å². The summed E-state index contributed by atoms with van der Waals surface area (Å²) in [6, 6.07) is 38.1.